The zero-order chi connectivity index (χ0) is 29.4. The lowest BCUT2D eigenvalue weighted by atomic mass is 9.84. The molecule has 0 aliphatic carbocycles. The number of nitrogens with one attached hydrogen (secondary N) is 1. The summed E-state index contributed by atoms with van der Waals surface area (Å²) in [5.74, 6) is -2.70. The monoisotopic (exact) mass is 571 g/mol. The number of halogens is 6. The summed E-state index contributed by atoms with van der Waals surface area (Å²) in [5.41, 5.74) is 2.24. The number of piperidine rings is 1. The Bertz CT molecular complexity index is 1040. The molecule has 0 saturated carbocycles. The fourth-order valence-corrected chi connectivity index (χ4v) is 4.05. The summed E-state index contributed by atoms with van der Waals surface area (Å²) in [6.45, 7) is 8.71. The van der Waals surface area contributed by atoms with E-state index in [-0.39, 0.29) is 6.10 Å². The lowest BCUT2D eigenvalue weighted by molar-refractivity contribution is -0.193. The molecule has 3 N–H and O–H groups in total. The Balaban J connectivity index is 0.000000317. The fourth-order valence-electron chi connectivity index (χ4n) is 4.05. The van der Waals surface area contributed by atoms with Crippen molar-refractivity contribution in [3.63, 3.8) is 0 Å². The lowest BCUT2D eigenvalue weighted by Crippen LogP contribution is -2.42. The second kappa shape index (κ2) is 13.5. The predicted octanol–water partition coefficient (Wildman–Crippen LogP) is 3.30. The fraction of sp³-hybridized carbons (Fsp3) is 0.591. The van der Waals surface area contributed by atoms with Crippen LogP contribution in [0.2, 0.25) is 0 Å². The van der Waals surface area contributed by atoms with Gasteiger partial charge in [0, 0.05) is 43.5 Å². The minimum Gasteiger partial charge on any atom is -0.475 e. The van der Waals surface area contributed by atoms with E-state index in [4.69, 9.17) is 29.1 Å². The summed E-state index contributed by atoms with van der Waals surface area (Å²) in [6.07, 6.45) is -5.26. The van der Waals surface area contributed by atoms with Gasteiger partial charge in [-0.1, -0.05) is 5.16 Å². The summed E-state index contributed by atoms with van der Waals surface area (Å²) in [4.78, 5) is 28.7. The van der Waals surface area contributed by atoms with Gasteiger partial charge in [-0.2, -0.15) is 26.3 Å². The first-order chi connectivity index (χ1) is 18.1. The van der Waals surface area contributed by atoms with Crippen molar-refractivity contribution in [2.75, 3.05) is 31.6 Å². The molecule has 3 atom stereocenters. The number of aliphatic carboxylic acids is 2. The number of ether oxygens (including phenoxy) is 1. The highest BCUT2D eigenvalue weighted by Gasteiger charge is 2.41. The van der Waals surface area contributed by atoms with Gasteiger partial charge < -0.3 is 24.8 Å². The molecule has 0 unspecified atom stereocenters. The van der Waals surface area contributed by atoms with Gasteiger partial charge in [-0.15, -0.1) is 0 Å². The van der Waals surface area contributed by atoms with Crippen LogP contribution in [0.15, 0.2) is 23.0 Å². The van der Waals surface area contributed by atoms with Gasteiger partial charge in [0.05, 0.1) is 18.4 Å². The molecule has 2 aromatic heterocycles. The third-order valence-electron chi connectivity index (χ3n) is 5.95. The molecule has 218 valence electrons. The molecule has 0 radical (unpaired) electrons. The average Bonchev–Trinajstić information content (AvgIpc) is 3.40. The molecule has 4 heterocycles. The summed E-state index contributed by atoms with van der Waals surface area (Å²) >= 11 is 0. The third-order valence-corrected chi connectivity index (χ3v) is 5.95. The van der Waals surface area contributed by atoms with Gasteiger partial charge in [0.2, 0.25) is 5.95 Å². The normalized spacial score (nSPS) is 21.1. The zero-order valence-electron chi connectivity index (χ0n) is 20.8. The van der Waals surface area contributed by atoms with Crippen LogP contribution in [-0.2, 0) is 20.9 Å². The number of likely N-dealkylation sites (tertiary alicyclic amines) is 1. The maximum atomic E-state index is 10.6. The first-order valence-electron chi connectivity index (χ1n) is 11.5. The molecule has 2 fully saturated rings. The van der Waals surface area contributed by atoms with Gasteiger partial charge in [0.1, 0.15) is 5.76 Å². The topological polar surface area (TPSA) is 151 Å². The van der Waals surface area contributed by atoms with Crippen molar-refractivity contribution in [3.8, 4) is 0 Å². The highest BCUT2D eigenvalue weighted by atomic mass is 19.4. The van der Waals surface area contributed by atoms with Crippen molar-refractivity contribution >= 4 is 17.9 Å². The number of carboxylic acids is 2. The van der Waals surface area contributed by atoms with Crippen molar-refractivity contribution in [2.24, 2.45) is 11.8 Å². The molecule has 39 heavy (non-hydrogen) atoms. The van der Waals surface area contributed by atoms with Crippen molar-refractivity contribution in [3.05, 3.63) is 35.5 Å². The van der Waals surface area contributed by atoms with Crippen molar-refractivity contribution in [2.45, 2.75) is 45.3 Å². The standard InChI is InChI=1S/C18H25N5O2.2C2HF3O2/c1-12-16(13(2)25-22-12)10-23-7-4-15-14(9-23)11-24-17(15)8-21-18-19-5-3-6-20-18;2*3-2(4,5)1(6)7/h3,5-6,14-15,17H,4,7-11H2,1-2H3,(H,19,20,21);2*(H,6,7)/t14-,15-,17-;;/m0../s1. The van der Waals surface area contributed by atoms with Gasteiger partial charge in [0.15, 0.2) is 0 Å². The third kappa shape index (κ3) is 9.97. The van der Waals surface area contributed by atoms with Gasteiger partial charge in [-0.3, -0.25) is 4.90 Å². The number of alkyl halides is 6. The largest absolute Gasteiger partial charge is 0.490 e. The Morgan fingerprint density at radius 1 is 1.08 bits per heavy atom. The van der Waals surface area contributed by atoms with Gasteiger partial charge >= 0.3 is 24.3 Å². The Hall–Kier alpha value is -3.47. The average molecular weight is 571 g/mol. The summed E-state index contributed by atoms with van der Waals surface area (Å²) in [6, 6.07) is 1.82. The van der Waals surface area contributed by atoms with E-state index in [9.17, 15) is 26.3 Å². The van der Waals surface area contributed by atoms with Crippen LogP contribution in [0.4, 0.5) is 32.3 Å². The van der Waals surface area contributed by atoms with Crippen LogP contribution in [-0.4, -0.2) is 86.9 Å². The number of nitrogens with zero attached hydrogens (tertiary/aromatic N) is 4. The van der Waals surface area contributed by atoms with Crippen molar-refractivity contribution in [1.29, 1.82) is 0 Å². The quantitative estimate of drug-likeness (QED) is 0.454. The first-order valence-corrected chi connectivity index (χ1v) is 11.5. The van der Waals surface area contributed by atoms with E-state index in [1.165, 1.54) is 5.56 Å². The zero-order valence-corrected chi connectivity index (χ0v) is 20.8. The second-order valence-electron chi connectivity index (χ2n) is 8.68. The summed E-state index contributed by atoms with van der Waals surface area (Å²) in [5, 5.41) is 21.6. The number of rotatable bonds is 5. The molecule has 0 amide bonds. The Morgan fingerprint density at radius 3 is 2.13 bits per heavy atom. The highest BCUT2D eigenvalue weighted by molar-refractivity contribution is 5.73. The molecule has 4 rings (SSSR count). The Labute approximate surface area is 218 Å². The van der Waals surface area contributed by atoms with E-state index >= 15 is 0 Å². The lowest BCUT2D eigenvalue weighted by Gasteiger charge is -2.35. The molecular formula is C22H27F6N5O6. The highest BCUT2D eigenvalue weighted by Crippen LogP contribution is 2.35. The van der Waals surface area contributed by atoms with E-state index in [0.29, 0.717) is 17.8 Å². The van der Waals surface area contributed by atoms with Crippen LogP contribution < -0.4 is 5.32 Å². The molecule has 11 nitrogen and oxygen atoms in total. The van der Waals surface area contributed by atoms with E-state index in [0.717, 1.165) is 50.7 Å². The number of anilines is 1. The number of carbonyl (C=O) groups is 2. The number of hydrogen-bond donors (Lipinski definition) is 3. The van der Waals surface area contributed by atoms with Crippen LogP contribution in [0, 0.1) is 25.7 Å². The molecule has 0 aromatic carbocycles. The van der Waals surface area contributed by atoms with Crippen LogP contribution in [0.1, 0.15) is 23.4 Å². The SMILES string of the molecule is Cc1noc(C)c1CN1CC[C@H]2[C@H](CO[C@H]2CNc2ncccn2)C1.O=C(O)C(F)(F)F.O=C(O)C(F)(F)F. The number of carboxylic acid groups (broad SMARTS) is 2. The number of aromatic nitrogens is 3. The van der Waals surface area contributed by atoms with E-state index < -0.39 is 24.3 Å². The van der Waals surface area contributed by atoms with Crippen molar-refractivity contribution < 1.29 is 55.4 Å². The first kappa shape index (κ1) is 31.7. The minimum atomic E-state index is -5.08. The van der Waals surface area contributed by atoms with Crippen LogP contribution >= 0.6 is 0 Å². The maximum absolute atomic E-state index is 10.6. The number of fused-ring (bicyclic) bond motifs is 1. The smallest absolute Gasteiger partial charge is 0.475 e. The molecule has 2 aromatic rings. The van der Waals surface area contributed by atoms with E-state index in [1.807, 2.05) is 19.9 Å². The Morgan fingerprint density at radius 2 is 1.64 bits per heavy atom. The molecule has 0 spiro atoms. The predicted molar refractivity (Wildman–Crippen MR) is 120 cm³/mol. The molecule has 2 aliphatic rings. The molecule has 2 aliphatic heterocycles. The number of aryl methyl sites for hydroxylation is 2. The maximum Gasteiger partial charge on any atom is 0.490 e. The van der Waals surface area contributed by atoms with Gasteiger partial charge in [-0.05, 0) is 38.8 Å². The second-order valence-corrected chi connectivity index (χ2v) is 8.68. The van der Waals surface area contributed by atoms with Crippen molar-refractivity contribution in [1.82, 2.24) is 20.0 Å². The molecular weight excluding hydrogens is 544 g/mol. The van der Waals surface area contributed by atoms with E-state index in [1.54, 1.807) is 12.4 Å². The molecule has 0 bridgehead atoms. The summed E-state index contributed by atoms with van der Waals surface area (Å²) in [7, 11) is 0. The molecule has 2 saturated heterocycles. The molecule has 17 heteroatoms. The Kier molecular flexibility index (Phi) is 11.0. The van der Waals surface area contributed by atoms with Gasteiger partial charge in [-0.25, -0.2) is 19.6 Å². The van der Waals surface area contributed by atoms with E-state index in [2.05, 4.69) is 25.3 Å². The van der Waals surface area contributed by atoms with Crippen LogP contribution in [0.25, 0.3) is 0 Å². The minimum absolute atomic E-state index is 0.245. The number of hydrogen-bond acceptors (Lipinski definition) is 9. The van der Waals surface area contributed by atoms with Gasteiger partial charge in [0.25, 0.3) is 0 Å². The summed E-state index contributed by atoms with van der Waals surface area (Å²) < 4.78 is 74.8. The van der Waals surface area contributed by atoms with Crippen LogP contribution in [0.3, 0.4) is 0 Å². The van der Waals surface area contributed by atoms with Crippen LogP contribution in [0.5, 0.6) is 0 Å².